The molecule has 34 heavy (non-hydrogen) atoms. The highest BCUT2D eigenvalue weighted by atomic mass is 31.2. The standard InChI is InChI=1S/C25H29N2O6P/c1-30-22-14-10-20(11-15-22)25(19-7-4-3-5-8-19,21-12-16-23(31-2)17-13-21)32-18-6-9-24(28)27-33-34(26)29/h3-5,7-8,10-17,29H,6,9,18,26H2,1-2H3,(H,27,28). The molecule has 180 valence electrons. The summed E-state index contributed by atoms with van der Waals surface area (Å²) in [5.74, 6) is 1.08. The Morgan fingerprint density at radius 3 is 1.85 bits per heavy atom. The molecule has 3 aromatic rings. The minimum atomic E-state index is -2.15. The Morgan fingerprint density at radius 2 is 1.38 bits per heavy atom. The average Bonchev–Trinajstić information content (AvgIpc) is 2.88. The number of carbonyl (C=O) groups is 1. The lowest BCUT2D eigenvalue weighted by Gasteiger charge is -2.36. The van der Waals surface area contributed by atoms with Crippen molar-refractivity contribution in [3.63, 3.8) is 0 Å². The van der Waals surface area contributed by atoms with Crippen LogP contribution >= 0.6 is 8.53 Å². The van der Waals surface area contributed by atoms with Gasteiger partial charge >= 0.3 is 0 Å². The molecule has 0 fully saturated rings. The van der Waals surface area contributed by atoms with Gasteiger partial charge in [0, 0.05) is 13.0 Å². The van der Waals surface area contributed by atoms with Gasteiger partial charge in [-0.25, -0.2) is 10.1 Å². The van der Waals surface area contributed by atoms with Gasteiger partial charge in [0.25, 0.3) is 8.53 Å². The van der Waals surface area contributed by atoms with Crippen molar-refractivity contribution in [2.45, 2.75) is 18.4 Å². The Kier molecular flexibility index (Phi) is 9.39. The first kappa shape index (κ1) is 25.6. The summed E-state index contributed by atoms with van der Waals surface area (Å²) in [5, 5.41) is 0. The van der Waals surface area contributed by atoms with Gasteiger partial charge in [0.15, 0.2) is 0 Å². The smallest absolute Gasteiger partial charge is 0.274 e. The van der Waals surface area contributed by atoms with E-state index in [1.54, 1.807) is 14.2 Å². The van der Waals surface area contributed by atoms with E-state index in [-0.39, 0.29) is 13.0 Å². The second-order valence-electron chi connectivity index (χ2n) is 7.38. The summed E-state index contributed by atoms with van der Waals surface area (Å²) in [6, 6.07) is 25.4. The number of benzene rings is 3. The molecule has 3 aromatic carbocycles. The third-order valence-electron chi connectivity index (χ3n) is 5.29. The maximum Gasteiger partial charge on any atom is 0.274 e. The molecule has 0 heterocycles. The van der Waals surface area contributed by atoms with Gasteiger partial charge in [0.2, 0.25) is 5.91 Å². The summed E-state index contributed by atoms with van der Waals surface area (Å²) in [6.07, 6.45) is 0.559. The monoisotopic (exact) mass is 484 g/mol. The van der Waals surface area contributed by atoms with E-state index in [9.17, 15) is 4.79 Å². The molecule has 9 heteroatoms. The summed E-state index contributed by atoms with van der Waals surface area (Å²) in [6.45, 7) is 0.275. The molecular weight excluding hydrogens is 455 g/mol. The summed E-state index contributed by atoms with van der Waals surface area (Å²) < 4.78 is 21.9. The summed E-state index contributed by atoms with van der Waals surface area (Å²) in [4.78, 5) is 20.9. The highest BCUT2D eigenvalue weighted by Gasteiger charge is 2.37. The number of hydroxylamine groups is 1. The van der Waals surface area contributed by atoms with Gasteiger partial charge in [0.1, 0.15) is 17.1 Å². The molecule has 0 aliphatic carbocycles. The normalized spacial score (nSPS) is 12.1. The van der Waals surface area contributed by atoms with Gasteiger partial charge in [-0.2, -0.15) is 0 Å². The third kappa shape index (κ3) is 6.32. The highest BCUT2D eigenvalue weighted by Crippen LogP contribution is 2.41. The Bertz CT molecular complexity index is 982. The van der Waals surface area contributed by atoms with E-state index in [1.807, 2.05) is 78.9 Å². The molecule has 4 N–H and O–H groups in total. The second kappa shape index (κ2) is 12.5. The van der Waals surface area contributed by atoms with Crippen molar-refractivity contribution in [1.82, 2.24) is 5.48 Å². The Labute approximate surface area is 200 Å². The quantitative estimate of drug-likeness (QED) is 0.154. The zero-order chi connectivity index (χ0) is 24.4. The van der Waals surface area contributed by atoms with Crippen LogP contribution in [0.1, 0.15) is 29.5 Å². The van der Waals surface area contributed by atoms with Crippen molar-refractivity contribution in [1.29, 1.82) is 0 Å². The molecule has 8 nitrogen and oxygen atoms in total. The van der Waals surface area contributed by atoms with E-state index in [0.717, 1.165) is 28.2 Å². The van der Waals surface area contributed by atoms with Crippen LogP contribution in [0.5, 0.6) is 11.5 Å². The average molecular weight is 484 g/mol. The molecule has 3 rings (SSSR count). The van der Waals surface area contributed by atoms with Crippen molar-refractivity contribution in [3.05, 3.63) is 95.6 Å². The maximum atomic E-state index is 11.9. The maximum absolute atomic E-state index is 11.9. The molecule has 0 saturated heterocycles. The van der Waals surface area contributed by atoms with Crippen molar-refractivity contribution in [2.75, 3.05) is 20.8 Å². The van der Waals surface area contributed by atoms with Crippen molar-refractivity contribution < 1.29 is 28.5 Å². The van der Waals surface area contributed by atoms with Crippen LogP contribution < -0.4 is 20.5 Å². The number of amides is 1. The van der Waals surface area contributed by atoms with Crippen LogP contribution in [0.2, 0.25) is 0 Å². The van der Waals surface area contributed by atoms with Gasteiger partial charge < -0.3 is 19.1 Å². The molecule has 0 spiro atoms. The Morgan fingerprint density at radius 1 is 0.882 bits per heavy atom. The molecule has 0 aliphatic heterocycles. The van der Waals surface area contributed by atoms with E-state index < -0.39 is 20.0 Å². The summed E-state index contributed by atoms with van der Waals surface area (Å²) in [7, 11) is 1.09. The molecule has 0 aromatic heterocycles. The predicted octanol–water partition coefficient (Wildman–Crippen LogP) is 4.02. The first-order valence-corrected chi connectivity index (χ1v) is 12.0. The van der Waals surface area contributed by atoms with Crippen molar-refractivity contribution in [2.24, 2.45) is 5.50 Å². The number of nitrogens with one attached hydrogen (secondary N) is 1. The number of carbonyl (C=O) groups excluding carboxylic acids is 1. The first-order valence-electron chi connectivity index (χ1n) is 10.7. The molecule has 0 bridgehead atoms. The van der Waals surface area contributed by atoms with Crippen LogP contribution in [-0.2, 0) is 19.8 Å². The van der Waals surface area contributed by atoms with Gasteiger partial charge in [-0.3, -0.25) is 10.3 Å². The lowest BCUT2D eigenvalue weighted by Crippen LogP contribution is -2.33. The molecular formula is C25H29N2O6P. The molecule has 0 saturated carbocycles. The SMILES string of the molecule is COc1ccc(C(OCCCC(=O)NOP(N)O)(c2ccccc2)c2ccc(OC)cc2)cc1. The number of ether oxygens (including phenoxy) is 3. The number of hydrogen-bond donors (Lipinski definition) is 3. The fourth-order valence-corrected chi connectivity index (χ4v) is 3.88. The van der Waals surface area contributed by atoms with Gasteiger partial charge in [-0.1, -0.05) is 54.6 Å². The van der Waals surface area contributed by atoms with Crippen molar-refractivity contribution >= 4 is 14.4 Å². The largest absolute Gasteiger partial charge is 0.497 e. The van der Waals surface area contributed by atoms with Gasteiger partial charge in [0.05, 0.1) is 14.2 Å². The number of rotatable bonds is 12. The Balaban J connectivity index is 1.96. The second-order valence-corrected chi connectivity index (χ2v) is 8.16. The fourth-order valence-electron chi connectivity index (χ4n) is 3.68. The van der Waals surface area contributed by atoms with Crippen LogP contribution in [0.15, 0.2) is 78.9 Å². The van der Waals surface area contributed by atoms with Crippen molar-refractivity contribution in [3.8, 4) is 11.5 Å². The number of methoxy groups -OCH3 is 2. The van der Waals surface area contributed by atoms with Crippen LogP contribution in [-0.4, -0.2) is 31.6 Å². The molecule has 1 amide bonds. The number of hydrogen-bond acceptors (Lipinski definition) is 7. The summed E-state index contributed by atoms with van der Waals surface area (Å²) >= 11 is 0. The van der Waals surface area contributed by atoms with E-state index in [2.05, 4.69) is 10.1 Å². The third-order valence-corrected chi connectivity index (χ3v) is 5.57. The lowest BCUT2D eigenvalue weighted by atomic mass is 9.80. The van der Waals surface area contributed by atoms with Crippen LogP contribution in [0.4, 0.5) is 0 Å². The number of nitrogens with two attached hydrogens (primary N) is 1. The zero-order valence-electron chi connectivity index (χ0n) is 19.1. The van der Waals surface area contributed by atoms with Gasteiger partial charge in [-0.05, 0) is 47.4 Å². The van der Waals surface area contributed by atoms with Gasteiger partial charge in [-0.15, -0.1) is 0 Å². The predicted molar refractivity (Wildman–Crippen MR) is 130 cm³/mol. The molecule has 0 radical (unpaired) electrons. The van der Waals surface area contributed by atoms with E-state index in [4.69, 9.17) is 24.6 Å². The fraction of sp³-hybridized carbons (Fsp3) is 0.240. The lowest BCUT2D eigenvalue weighted by molar-refractivity contribution is -0.128. The van der Waals surface area contributed by atoms with Crippen LogP contribution in [0, 0.1) is 0 Å². The molecule has 0 aliphatic rings. The van der Waals surface area contributed by atoms with E-state index >= 15 is 0 Å². The zero-order valence-corrected chi connectivity index (χ0v) is 20.0. The van der Waals surface area contributed by atoms with E-state index in [1.165, 1.54) is 0 Å². The van der Waals surface area contributed by atoms with Crippen LogP contribution in [0.25, 0.3) is 0 Å². The first-order chi connectivity index (χ1) is 16.5. The van der Waals surface area contributed by atoms with Crippen LogP contribution in [0.3, 0.4) is 0 Å². The topological polar surface area (TPSA) is 112 Å². The minimum Gasteiger partial charge on any atom is -0.497 e. The minimum absolute atomic E-state index is 0.138. The highest BCUT2D eigenvalue weighted by molar-refractivity contribution is 7.43. The molecule has 1 unspecified atom stereocenters. The van der Waals surface area contributed by atoms with E-state index in [0.29, 0.717) is 6.42 Å². The summed E-state index contributed by atoms with van der Waals surface area (Å²) in [5.41, 5.74) is 9.07. The molecule has 1 atom stereocenters. The Hall–Kier alpha value is -3.00.